The molecule has 0 saturated carbocycles. The third kappa shape index (κ3) is 2.64. The van der Waals surface area contributed by atoms with Crippen molar-refractivity contribution in [1.82, 2.24) is 20.2 Å². The predicted molar refractivity (Wildman–Crippen MR) is 81.4 cm³/mol. The lowest BCUT2D eigenvalue weighted by molar-refractivity contribution is 0.628. The summed E-state index contributed by atoms with van der Waals surface area (Å²) < 4.78 is 16.0. The van der Waals surface area contributed by atoms with Gasteiger partial charge in [0, 0.05) is 15.7 Å². The average molecular weight is 348 g/mol. The van der Waals surface area contributed by atoms with E-state index in [1.54, 1.807) is 10.7 Å². The van der Waals surface area contributed by atoms with Gasteiger partial charge in [-0.25, -0.2) is 4.39 Å². The smallest absolute Gasteiger partial charge is 0.187 e. The van der Waals surface area contributed by atoms with E-state index in [9.17, 15) is 4.39 Å². The van der Waals surface area contributed by atoms with Gasteiger partial charge in [-0.3, -0.25) is 0 Å². The molecule has 0 bridgehead atoms. The Balaban J connectivity index is 2.14. The van der Waals surface area contributed by atoms with Crippen molar-refractivity contribution in [3.8, 4) is 17.1 Å². The van der Waals surface area contributed by atoms with Gasteiger partial charge in [0.15, 0.2) is 5.82 Å². The highest BCUT2D eigenvalue weighted by Gasteiger charge is 2.13. The molecule has 106 valence electrons. The van der Waals surface area contributed by atoms with E-state index in [0.29, 0.717) is 17.1 Å². The standard InChI is InChI=1S/C14H11BrFN5/c1-8-2-3-12(7-13(8)15)21-14(18-19-20-21)9-4-10(16)6-11(17)5-9/h2-7H,17H2,1H3. The lowest BCUT2D eigenvalue weighted by Crippen LogP contribution is -2.01. The van der Waals surface area contributed by atoms with Crippen LogP contribution in [0.3, 0.4) is 0 Å². The quantitative estimate of drug-likeness (QED) is 0.723. The number of nitrogens with two attached hydrogens (primary N) is 1. The topological polar surface area (TPSA) is 69.6 Å². The molecule has 0 radical (unpaired) electrons. The Bertz CT molecular complexity index is 795. The summed E-state index contributed by atoms with van der Waals surface area (Å²) in [7, 11) is 0. The van der Waals surface area contributed by atoms with E-state index in [2.05, 4.69) is 31.5 Å². The van der Waals surface area contributed by atoms with Crippen molar-refractivity contribution in [1.29, 1.82) is 0 Å². The average Bonchev–Trinajstić information content (AvgIpc) is 2.90. The highest BCUT2D eigenvalue weighted by molar-refractivity contribution is 9.10. The minimum Gasteiger partial charge on any atom is -0.399 e. The van der Waals surface area contributed by atoms with Gasteiger partial charge in [-0.05, 0) is 53.2 Å². The number of tetrazole rings is 1. The molecular formula is C14H11BrFN5. The molecule has 0 spiro atoms. The number of nitrogen functional groups attached to an aromatic ring is 1. The molecule has 0 aliphatic heterocycles. The summed E-state index contributed by atoms with van der Waals surface area (Å²) in [6.45, 7) is 1.99. The number of benzene rings is 2. The van der Waals surface area contributed by atoms with Crippen LogP contribution in [0.4, 0.5) is 10.1 Å². The zero-order chi connectivity index (χ0) is 15.0. The van der Waals surface area contributed by atoms with Crippen molar-refractivity contribution in [2.75, 3.05) is 5.73 Å². The number of hydrogen-bond acceptors (Lipinski definition) is 4. The van der Waals surface area contributed by atoms with Gasteiger partial charge in [-0.2, -0.15) is 4.68 Å². The van der Waals surface area contributed by atoms with Crippen molar-refractivity contribution in [2.24, 2.45) is 0 Å². The molecule has 7 heteroatoms. The molecule has 0 saturated heterocycles. The van der Waals surface area contributed by atoms with Crippen LogP contribution in [0.5, 0.6) is 0 Å². The van der Waals surface area contributed by atoms with E-state index in [1.165, 1.54) is 12.1 Å². The second-order valence-electron chi connectivity index (χ2n) is 4.62. The summed E-state index contributed by atoms with van der Waals surface area (Å²) in [4.78, 5) is 0. The lowest BCUT2D eigenvalue weighted by Gasteiger charge is -2.07. The second kappa shape index (κ2) is 5.25. The van der Waals surface area contributed by atoms with Crippen LogP contribution in [0.15, 0.2) is 40.9 Å². The first-order valence-corrected chi connectivity index (χ1v) is 6.95. The van der Waals surface area contributed by atoms with Gasteiger partial charge in [0.25, 0.3) is 0 Å². The number of anilines is 1. The molecule has 0 aliphatic carbocycles. The molecule has 21 heavy (non-hydrogen) atoms. The maximum absolute atomic E-state index is 13.5. The molecule has 0 unspecified atom stereocenters. The van der Waals surface area contributed by atoms with Crippen molar-refractivity contribution in [2.45, 2.75) is 6.92 Å². The molecule has 2 aromatic carbocycles. The van der Waals surface area contributed by atoms with Crippen LogP contribution >= 0.6 is 15.9 Å². The SMILES string of the molecule is Cc1ccc(-n2nnnc2-c2cc(N)cc(F)c2)cc1Br. The van der Waals surface area contributed by atoms with Gasteiger partial charge in [-0.15, -0.1) is 5.10 Å². The Kier molecular flexibility index (Phi) is 3.42. The fourth-order valence-corrected chi connectivity index (χ4v) is 2.36. The maximum Gasteiger partial charge on any atom is 0.187 e. The summed E-state index contributed by atoms with van der Waals surface area (Å²) in [6.07, 6.45) is 0. The monoisotopic (exact) mass is 347 g/mol. The van der Waals surface area contributed by atoms with Gasteiger partial charge < -0.3 is 5.73 Å². The maximum atomic E-state index is 13.5. The zero-order valence-electron chi connectivity index (χ0n) is 11.1. The third-order valence-corrected chi connectivity index (χ3v) is 3.90. The summed E-state index contributed by atoms with van der Waals surface area (Å²) in [5.41, 5.74) is 8.39. The van der Waals surface area contributed by atoms with Crippen molar-refractivity contribution < 1.29 is 4.39 Å². The number of nitrogens with zero attached hydrogens (tertiary/aromatic N) is 4. The number of rotatable bonds is 2. The summed E-state index contributed by atoms with van der Waals surface area (Å²) in [5, 5.41) is 11.6. The van der Waals surface area contributed by atoms with Gasteiger partial charge >= 0.3 is 0 Å². The first kappa shape index (κ1) is 13.7. The molecular weight excluding hydrogens is 337 g/mol. The van der Waals surface area contributed by atoms with Crippen LogP contribution in [0.2, 0.25) is 0 Å². The number of aromatic nitrogens is 4. The molecule has 0 aliphatic rings. The highest BCUT2D eigenvalue weighted by Crippen LogP contribution is 2.25. The van der Waals surface area contributed by atoms with E-state index in [1.807, 2.05) is 25.1 Å². The van der Waals surface area contributed by atoms with Crippen LogP contribution < -0.4 is 5.73 Å². The van der Waals surface area contributed by atoms with Gasteiger partial charge in [0.05, 0.1) is 5.69 Å². The number of halogens is 2. The fourth-order valence-electron chi connectivity index (χ4n) is 2.00. The van der Waals surface area contributed by atoms with Gasteiger partial charge in [-0.1, -0.05) is 22.0 Å². The lowest BCUT2D eigenvalue weighted by atomic mass is 10.1. The summed E-state index contributed by atoms with van der Waals surface area (Å²) >= 11 is 3.47. The Morgan fingerprint density at radius 1 is 1.19 bits per heavy atom. The van der Waals surface area contributed by atoms with Crippen molar-refractivity contribution >= 4 is 21.6 Å². The molecule has 0 fully saturated rings. The summed E-state index contributed by atoms with van der Waals surface area (Å²) in [6, 6.07) is 9.97. The van der Waals surface area contributed by atoms with Crippen LogP contribution in [-0.4, -0.2) is 20.2 Å². The van der Waals surface area contributed by atoms with Crippen molar-refractivity contribution in [3.63, 3.8) is 0 Å². The van der Waals surface area contributed by atoms with Crippen molar-refractivity contribution in [3.05, 3.63) is 52.3 Å². The Morgan fingerprint density at radius 2 is 2.00 bits per heavy atom. The number of aryl methyl sites for hydroxylation is 1. The van der Waals surface area contributed by atoms with E-state index in [0.717, 1.165) is 15.7 Å². The third-order valence-electron chi connectivity index (χ3n) is 3.05. The highest BCUT2D eigenvalue weighted by atomic mass is 79.9. The van der Waals surface area contributed by atoms with Crippen LogP contribution in [-0.2, 0) is 0 Å². The zero-order valence-corrected chi connectivity index (χ0v) is 12.7. The normalized spacial score (nSPS) is 10.8. The largest absolute Gasteiger partial charge is 0.399 e. The minimum atomic E-state index is -0.426. The fraction of sp³-hybridized carbons (Fsp3) is 0.0714. The molecule has 1 heterocycles. The first-order chi connectivity index (χ1) is 10.0. The van der Waals surface area contributed by atoms with Crippen LogP contribution in [0.1, 0.15) is 5.56 Å². The molecule has 1 aromatic heterocycles. The predicted octanol–water partition coefficient (Wildman–Crippen LogP) is 3.12. The van der Waals surface area contributed by atoms with E-state index < -0.39 is 5.82 Å². The second-order valence-corrected chi connectivity index (χ2v) is 5.48. The Morgan fingerprint density at radius 3 is 2.71 bits per heavy atom. The molecule has 2 N–H and O–H groups in total. The van der Waals surface area contributed by atoms with E-state index in [4.69, 9.17) is 5.73 Å². The van der Waals surface area contributed by atoms with Gasteiger partial charge in [0.1, 0.15) is 5.82 Å². The van der Waals surface area contributed by atoms with Gasteiger partial charge in [0.2, 0.25) is 0 Å². The molecule has 0 amide bonds. The minimum absolute atomic E-state index is 0.324. The molecule has 0 atom stereocenters. The first-order valence-electron chi connectivity index (χ1n) is 6.16. The molecule has 5 nitrogen and oxygen atoms in total. The Labute approximate surface area is 128 Å². The van der Waals surface area contributed by atoms with Crippen LogP contribution in [0.25, 0.3) is 17.1 Å². The number of hydrogen-bond donors (Lipinski definition) is 1. The molecule has 3 rings (SSSR count). The Hall–Kier alpha value is -2.28. The van der Waals surface area contributed by atoms with Crippen LogP contribution in [0, 0.1) is 12.7 Å². The van der Waals surface area contributed by atoms with E-state index >= 15 is 0 Å². The molecule has 3 aromatic rings. The van der Waals surface area contributed by atoms with E-state index in [-0.39, 0.29) is 0 Å². The summed E-state index contributed by atoms with van der Waals surface area (Å²) in [5.74, 6) is 0.00147.